The molecule has 9 heteroatoms. The lowest BCUT2D eigenvalue weighted by molar-refractivity contribution is -0.0691. The highest BCUT2D eigenvalue weighted by atomic mass is 19.1. The molecule has 3 aliphatic rings. The molecule has 1 fully saturated rings. The lowest BCUT2D eigenvalue weighted by Gasteiger charge is -2.31. The first-order valence-electron chi connectivity index (χ1n) is 5.87. The second kappa shape index (κ2) is 4.51. The number of fused-ring (bicyclic) bond motifs is 1. The number of hydrogen-bond donors (Lipinski definition) is 3. The number of amidine groups is 1. The zero-order chi connectivity index (χ0) is 13.6. The van der Waals surface area contributed by atoms with Crippen LogP contribution in [0.5, 0.6) is 0 Å². The van der Waals surface area contributed by atoms with Gasteiger partial charge >= 0.3 is 0 Å². The predicted molar refractivity (Wildman–Crippen MR) is 64.7 cm³/mol. The van der Waals surface area contributed by atoms with E-state index in [-0.39, 0.29) is 0 Å². The Morgan fingerprint density at radius 2 is 2.26 bits per heavy atom. The van der Waals surface area contributed by atoms with Crippen LogP contribution < -0.4 is 5.73 Å². The first-order valence-corrected chi connectivity index (χ1v) is 5.87. The molecule has 3 unspecified atom stereocenters. The Morgan fingerprint density at radius 1 is 1.47 bits per heavy atom. The SMILES string of the molecule is NC1=NC=NC2C1N=CN2C1O[C@@H](CO)[C@H](O)[C@H]1F. The number of alkyl halides is 1. The van der Waals surface area contributed by atoms with Crippen molar-refractivity contribution in [3.63, 3.8) is 0 Å². The summed E-state index contributed by atoms with van der Waals surface area (Å²) >= 11 is 0. The van der Waals surface area contributed by atoms with Gasteiger partial charge < -0.3 is 25.6 Å². The maximum Gasteiger partial charge on any atom is 0.173 e. The van der Waals surface area contributed by atoms with Crippen molar-refractivity contribution in [1.29, 1.82) is 0 Å². The van der Waals surface area contributed by atoms with Gasteiger partial charge in [0.05, 0.1) is 12.9 Å². The van der Waals surface area contributed by atoms with Crippen molar-refractivity contribution in [3.05, 3.63) is 0 Å². The summed E-state index contributed by atoms with van der Waals surface area (Å²) in [6, 6.07) is -0.467. The Bertz CT molecular complexity index is 456. The zero-order valence-electron chi connectivity index (χ0n) is 9.87. The quantitative estimate of drug-likeness (QED) is 0.529. The topological polar surface area (TPSA) is 116 Å². The van der Waals surface area contributed by atoms with Crippen LogP contribution in [0.15, 0.2) is 15.0 Å². The van der Waals surface area contributed by atoms with E-state index in [1.807, 2.05) is 0 Å². The summed E-state index contributed by atoms with van der Waals surface area (Å²) in [6.07, 6.45) is -2.87. The molecule has 0 saturated carbocycles. The average Bonchev–Trinajstić information content (AvgIpc) is 2.94. The maximum absolute atomic E-state index is 14.0. The van der Waals surface area contributed by atoms with Gasteiger partial charge in [-0.2, -0.15) is 0 Å². The summed E-state index contributed by atoms with van der Waals surface area (Å²) in [4.78, 5) is 13.5. The summed E-state index contributed by atoms with van der Waals surface area (Å²) in [5, 5.41) is 18.6. The standard InChI is InChI=1S/C10H14FN5O3/c11-5-7(18)4(1-17)19-10(5)16-3-15-6-8(12)13-2-14-9(6)16/h2-7,9-10,17-18H,1H2,(H2,12,13,14)/t4-,5+,6?,7-,9?,10?/m0/s1. The van der Waals surface area contributed by atoms with Crippen molar-refractivity contribution in [2.24, 2.45) is 20.7 Å². The van der Waals surface area contributed by atoms with Gasteiger partial charge in [0.25, 0.3) is 0 Å². The third-order valence-electron chi connectivity index (χ3n) is 3.45. The van der Waals surface area contributed by atoms with Crippen molar-refractivity contribution in [2.45, 2.75) is 36.8 Å². The summed E-state index contributed by atoms with van der Waals surface area (Å²) in [7, 11) is 0. The fraction of sp³-hybridized carbons (Fsp3) is 0.700. The lowest BCUT2D eigenvalue weighted by Crippen LogP contribution is -2.50. The van der Waals surface area contributed by atoms with E-state index in [9.17, 15) is 9.50 Å². The summed E-state index contributed by atoms with van der Waals surface area (Å²) in [5.41, 5.74) is 5.69. The molecule has 3 heterocycles. The first-order chi connectivity index (χ1) is 9.13. The van der Waals surface area contributed by atoms with Crippen LogP contribution in [0.3, 0.4) is 0 Å². The highest BCUT2D eigenvalue weighted by Gasteiger charge is 2.50. The summed E-state index contributed by atoms with van der Waals surface area (Å²) in [5.74, 6) is 0.298. The summed E-state index contributed by atoms with van der Waals surface area (Å²) in [6.45, 7) is -0.454. The molecule has 3 aliphatic heterocycles. The highest BCUT2D eigenvalue weighted by Crippen LogP contribution is 2.30. The molecule has 0 aromatic heterocycles. The van der Waals surface area contributed by atoms with Crippen LogP contribution >= 0.6 is 0 Å². The van der Waals surface area contributed by atoms with Crippen LogP contribution in [-0.4, -0.2) is 77.0 Å². The van der Waals surface area contributed by atoms with Crippen molar-refractivity contribution in [2.75, 3.05) is 6.61 Å². The maximum atomic E-state index is 14.0. The van der Waals surface area contributed by atoms with Crippen LogP contribution in [0.1, 0.15) is 0 Å². The number of rotatable bonds is 2. The number of halogens is 1. The molecule has 0 spiro atoms. The lowest BCUT2D eigenvalue weighted by atomic mass is 10.1. The zero-order valence-corrected chi connectivity index (χ0v) is 9.87. The Morgan fingerprint density at radius 3 is 2.95 bits per heavy atom. The van der Waals surface area contributed by atoms with Crippen molar-refractivity contribution in [3.8, 4) is 0 Å². The first kappa shape index (κ1) is 12.5. The number of aliphatic hydroxyl groups excluding tert-OH is 2. The number of nitrogens with two attached hydrogens (primary N) is 1. The van der Waals surface area contributed by atoms with E-state index in [1.54, 1.807) is 0 Å². The molecule has 0 aromatic rings. The highest BCUT2D eigenvalue weighted by molar-refractivity contribution is 5.96. The number of aliphatic hydroxyl groups is 2. The predicted octanol–water partition coefficient (Wildman–Crippen LogP) is -2.16. The normalized spacial score (nSPS) is 44.6. The van der Waals surface area contributed by atoms with E-state index in [4.69, 9.17) is 15.6 Å². The van der Waals surface area contributed by atoms with Gasteiger partial charge in [-0.25, -0.2) is 14.4 Å². The van der Waals surface area contributed by atoms with E-state index in [0.717, 1.165) is 0 Å². The minimum Gasteiger partial charge on any atom is -0.394 e. The molecule has 6 atom stereocenters. The Kier molecular flexibility index (Phi) is 2.96. The van der Waals surface area contributed by atoms with Gasteiger partial charge in [0.2, 0.25) is 0 Å². The number of hydrogen-bond acceptors (Lipinski definition) is 8. The van der Waals surface area contributed by atoms with Crippen molar-refractivity contribution in [1.82, 2.24) is 4.90 Å². The molecule has 8 nitrogen and oxygen atoms in total. The molecular formula is C10H14FN5O3. The van der Waals surface area contributed by atoms with Gasteiger partial charge in [-0.1, -0.05) is 0 Å². The Balaban J connectivity index is 1.80. The van der Waals surface area contributed by atoms with E-state index in [2.05, 4.69) is 15.0 Å². The monoisotopic (exact) mass is 271 g/mol. The smallest absolute Gasteiger partial charge is 0.173 e. The molecule has 0 radical (unpaired) electrons. The molecule has 0 bridgehead atoms. The molecule has 19 heavy (non-hydrogen) atoms. The number of aliphatic imine (C=N–C) groups is 3. The van der Waals surface area contributed by atoms with Crippen molar-refractivity contribution >= 4 is 18.5 Å². The average molecular weight is 271 g/mol. The van der Waals surface area contributed by atoms with Crippen LogP contribution in [0.4, 0.5) is 4.39 Å². The van der Waals surface area contributed by atoms with Gasteiger partial charge in [0.1, 0.15) is 30.4 Å². The van der Waals surface area contributed by atoms with Crippen LogP contribution in [0.2, 0.25) is 0 Å². The van der Waals surface area contributed by atoms with E-state index in [1.165, 1.54) is 17.6 Å². The third-order valence-corrected chi connectivity index (χ3v) is 3.45. The van der Waals surface area contributed by atoms with Crippen LogP contribution in [-0.2, 0) is 4.74 Å². The molecule has 0 amide bonds. The molecule has 1 saturated heterocycles. The van der Waals surface area contributed by atoms with E-state index < -0.39 is 43.4 Å². The molecular weight excluding hydrogens is 257 g/mol. The van der Waals surface area contributed by atoms with E-state index in [0.29, 0.717) is 5.84 Å². The molecule has 0 aliphatic carbocycles. The minimum atomic E-state index is -1.65. The molecule has 3 rings (SSSR count). The number of ether oxygens (including phenoxy) is 1. The minimum absolute atomic E-state index is 0.298. The van der Waals surface area contributed by atoms with Gasteiger partial charge in [-0.05, 0) is 0 Å². The molecule has 104 valence electrons. The number of nitrogens with zero attached hydrogens (tertiary/aromatic N) is 4. The van der Waals surface area contributed by atoms with Gasteiger partial charge in [0, 0.05) is 0 Å². The second-order valence-electron chi connectivity index (χ2n) is 4.57. The van der Waals surface area contributed by atoms with Gasteiger partial charge in [-0.3, -0.25) is 4.99 Å². The third kappa shape index (κ3) is 1.81. The van der Waals surface area contributed by atoms with Gasteiger partial charge in [-0.15, -0.1) is 0 Å². The fourth-order valence-corrected chi connectivity index (χ4v) is 2.40. The van der Waals surface area contributed by atoms with Gasteiger partial charge in [0.15, 0.2) is 18.6 Å². The van der Waals surface area contributed by atoms with Crippen molar-refractivity contribution < 1.29 is 19.3 Å². The van der Waals surface area contributed by atoms with E-state index >= 15 is 0 Å². The second-order valence-corrected chi connectivity index (χ2v) is 4.57. The molecule has 4 N–H and O–H groups in total. The Labute approximate surface area is 108 Å². The van der Waals surface area contributed by atoms with Crippen LogP contribution in [0, 0.1) is 0 Å². The summed E-state index contributed by atoms with van der Waals surface area (Å²) < 4.78 is 19.3. The fourth-order valence-electron chi connectivity index (χ4n) is 2.40. The largest absolute Gasteiger partial charge is 0.394 e. The molecule has 0 aromatic carbocycles. The van der Waals surface area contributed by atoms with Crippen LogP contribution in [0.25, 0.3) is 0 Å². The Hall–Kier alpha value is -1.58.